The van der Waals surface area contributed by atoms with Crippen LogP contribution < -0.4 is 11.1 Å². The molecule has 0 bridgehead atoms. The number of hydrogen-bond donors (Lipinski definition) is 2. The Morgan fingerprint density at radius 1 is 1.03 bits per heavy atom. The highest BCUT2D eigenvalue weighted by atomic mass is 19.4. The Hall–Kier alpha value is -3.41. The Bertz CT molecular complexity index is 1150. The van der Waals surface area contributed by atoms with E-state index in [0.717, 1.165) is 5.56 Å². The Kier molecular flexibility index (Phi) is 8.86. The van der Waals surface area contributed by atoms with Crippen LogP contribution in [0.15, 0.2) is 53.5 Å². The van der Waals surface area contributed by atoms with Crippen LogP contribution in [0.1, 0.15) is 46.8 Å². The number of nitrogens with zero attached hydrogens (tertiary/aromatic N) is 2. The highest BCUT2D eigenvalue weighted by Crippen LogP contribution is 2.38. The molecule has 0 aromatic heterocycles. The van der Waals surface area contributed by atoms with Gasteiger partial charge in [-0.2, -0.15) is 26.3 Å². The largest absolute Gasteiger partial charge is 0.416 e. The molecule has 206 valence electrons. The molecule has 2 aromatic carbocycles. The molecule has 1 atom stereocenters. The fraction of sp³-hybridized carbons (Fsp3) is 0.423. The number of aliphatic imine (C=N–C) groups is 1. The molecule has 2 amide bonds. The van der Waals surface area contributed by atoms with E-state index in [9.17, 15) is 35.9 Å². The topological polar surface area (TPSA) is 87.8 Å². The number of carbonyl (C=O) groups excluding carboxylic acids is 2. The fourth-order valence-corrected chi connectivity index (χ4v) is 4.49. The van der Waals surface area contributed by atoms with E-state index < -0.39 is 40.5 Å². The van der Waals surface area contributed by atoms with E-state index in [1.54, 1.807) is 25.1 Å². The number of likely N-dealkylation sites (tertiary alicyclic amines) is 1. The first-order valence-electron chi connectivity index (χ1n) is 11.9. The number of benzene rings is 2. The summed E-state index contributed by atoms with van der Waals surface area (Å²) in [4.78, 5) is 31.2. The fourth-order valence-electron chi connectivity index (χ4n) is 4.49. The molecule has 0 radical (unpaired) electrons. The minimum atomic E-state index is -5.07. The molecule has 1 aliphatic heterocycles. The summed E-state index contributed by atoms with van der Waals surface area (Å²) in [7, 11) is 0. The molecular formula is C26H28F6N4O2. The number of nitrogens with two attached hydrogens (primary N) is 1. The number of rotatable bonds is 7. The molecule has 2 aromatic rings. The van der Waals surface area contributed by atoms with Crippen LogP contribution in [0.3, 0.4) is 0 Å². The maximum atomic E-state index is 13.5. The Morgan fingerprint density at radius 2 is 1.63 bits per heavy atom. The van der Waals surface area contributed by atoms with Gasteiger partial charge in [0.15, 0.2) is 0 Å². The van der Waals surface area contributed by atoms with E-state index in [-0.39, 0.29) is 57.4 Å². The van der Waals surface area contributed by atoms with E-state index >= 15 is 0 Å². The monoisotopic (exact) mass is 542 g/mol. The second kappa shape index (κ2) is 11.5. The Labute approximate surface area is 215 Å². The predicted octanol–water partition coefficient (Wildman–Crippen LogP) is 4.48. The number of alkyl halides is 6. The quantitative estimate of drug-likeness (QED) is 0.506. The molecule has 0 saturated carbocycles. The number of piperidine rings is 1. The summed E-state index contributed by atoms with van der Waals surface area (Å²) < 4.78 is 80.5. The number of hydrogen-bond acceptors (Lipinski definition) is 4. The van der Waals surface area contributed by atoms with Crippen LogP contribution >= 0.6 is 0 Å². The third-order valence-corrected chi connectivity index (χ3v) is 6.28. The van der Waals surface area contributed by atoms with Gasteiger partial charge in [0.1, 0.15) is 6.54 Å². The molecule has 1 heterocycles. The van der Waals surface area contributed by atoms with Gasteiger partial charge < -0.3 is 16.0 Å². The highest BCUT2D eigenvalue weighted by molar-refractivity contribution is 5.98. The zero-order valence-electron chi connectivity index (χ0n) is 20.6. The van der Waals surface area contributed by atoms with Gasteiger partial charge in [-0.25, -0.2) is 0 Å². The predicted molar refractivity (Wildman–Crippen MR) is 130 cm³/mol. The van der Waals surface area contributed by atoms with E-state index in [1.165, 1.54) is 4.90 Å². The summed E-state index contributed by atoms with van der Waals surface area (Å²) >= 11 is 0. The summed E-state index contributed by atoms with van der Waals surface area (Å²) in [6.45, 7) is 2.10. The van der Waals surface area contributed by atoms with Gasteiger partial charge in [0.25, 0.3) is 5.91 Å². The third kappa shape index (κ3) is 7.33. The number of carbonyl (C=O) groups is 2. The van der Waals surface area contributed by atoms with E-state index in [4.69, 9.17) is 5.73 Å². The van der Waals surface area contributed by atoms with Crippen LogP contribution in [-0.2, 0) is 23.6 Å². The van der Waals surface area contributed by atoms with Gasteiger partial charge in [0.05, 0.1) is 11.1 Å². The number of halogens is 6. The Morgan fingerprint density at radius 3 is 2.18 bits per heavy atom. The maximum Gasteiger partial charge on any atom is 0.416 e. The van der Waals surface area contributed by atoms with Gasteiger partial charge in [-0.1, -0.05) is 30.3 Å². The standard InChI is InChI=1S/C26H28F6N4O2/c1-24(14-17-5-3-2-4-6-17)15-21(35-16-22(37)34-9-8-33)7-10-36(24)23(38)18-11-19(25(27,28)29)13-20(12-18)26(30,31)32/h2-6,11-13H,7-10,14-16,33H2,1H3,(H,34,37)/t24-/m1/s1. The average molecular weight is 543 g/mol. The summed E-state index contributed by atoms with van der Waals surface area (Å²) in [5.41, 5.74) is 1.97. The first-order chi connectivity index (χ1) is 17.7. The second-order valence-electron chi connectivity index (χ2n) is 9.36. The van der Waals surface area contributed by atoms with Crippen LogP contribution in [0.4, 0.5) is 26.3 Å². The molecule has 1 saturated heterocycles. The molecule has 6 nitrogen and oxygen atoms in total. The van der Waals surface area contributed by atoms with E-state index in [0.29, 0.717) is 17.8 Å². The van der Waals surface area contributed by atoms with Gasteiger partial charge in [0.2, 0.25) is 5.91 Å². The van der Waals surface area contributed by atoms with Crippen molar-refractivity contribution in [3.63, 3.8) is 0 Å². The zero-order valence-corrected chi connectivity index (χ0v) is 20.6. The molecule has 0 spiro atoms. The van der Waals surface area contributed by atoms with Crippen molar-refractivity contribution in [2.24, 2.45) is 10.7 Å². The molecule has 12 heteroatoms. The van der Waals surface area contributed by atoms with Crippen LogP contribution in [0.2, 0.25) is 0 Å². The lowest BCUT2D eigenvalue weighted by molar-refractivity contribution is -0.143. The van der Waals surface area contributed by atoms with Gasteiger partial charge in [-0.15, -0.1) is 0 Å². The third-order valence-electron chi connectivity index (χ3n) is 6.28. The molecule has 3 rings (SSSR count). The zero-order chi connectivity index (χ0) is 28.1. The lowest BCUT2D eigenvalue weighted by atomic mass is 9.81. The Balaban J connectivity index is 1.98. The lowest BCUT2D eigenvalue weighted by Crippen LogP contribution is -2.56. The summed E-state index contributed by atoms with van der Waals surface area (Å²) in [6, 6.07) is 9.88. The van der Waals surface area contributed by atoms with Crippen LogP contribution in [0.5, 0.6) is 0 Å². The van der Waals surface area contributed by atoms with Gasteiger partial charge in [0, 0.05) is 49.3 Å². The van der Waals surface area contributed by atoms with Gasteiger partial charge in [-0.3, -0.25) is 14.6 Å². The normalized spacial score (nSPS) is 19.5. The highest BCUT2D eigenvalue weighted by Gasteiger charge is 2.42. The van der Waals surface area contributed by atoms with Crippen molar-refractivity contribution in [3.05, 3.63) is 70.8 Å². The lowest BCUT2D eigenvalue weighted by Gasteiger charge is -2.46. The molecule has 1 aliphatic rings. The summed E-state index contributed by atoms with van der Waals surface area (Å²) in [5, 5.41) is 2.60. The number of nitrogens with one attached hydrogen (secondary N) is 1. The van der Waals surface area contributed by atoms with Gasteiger partial charge in [-0.05, 0) is 37.1 Å². The van der Waals surface area contributed by atoms with Crippen molar-refractivity contribution < 1.29 is 35.9 Å². The first-order valence-corrected chi connectivity index (χ1v) is 11.9. The SMILES string of the molecule is C[C@@]1(Cc2ccccc2)CC(=NCC(=O)NCCN)CCN1C(=O)c1cc(C(F)(F)F)cc(C(F)(F)F)c1. The summed E-state index contributed by atoms with van der Waals surface area (Å²) in [6.07, 6.45) is -9.48. The van der Waals surface area contributed by atoms with Crippen LogP contribution in [-0.4, -0.2) is 54.1 Å². The molecule has 0 aliphatic carbocycles. The molecule has 1 fully saturated rings. The minimum absolute atomic E-state index is 0.00299. The molecule has 0 unspecified atom stereocenters. The number of amides is 2. The van der Waals surface area contributed by atoms with Gasteiger partial charge >= 0.3 is 12.4 Å². The maximum absolute atomic E-state index is 13.5. The summed E-state index contributed by atoms with van der Waals surface area (Å²) in [5.74, 6) is -1.28. The molecular weight excluding hydrogens is 514 g/mol. The van der Waals surface area contributed by atoms with Crippen LogP contribution in [0.25, 0.3) is 0 Å². The minimum Gasteiger partial charge on any atom is -0.353 e. The average Bonchev–Trinajstić information content (AvgIpc) is 2.85. The van der Waals surface area contributed by atoms with Crippen molar-refractivity contribution in [2.75, 3.05) is 26.2 Å². The van der Waals surface area contributed by atoms with Crippen molar-refractivity contribution in [1.82, 2.24) is 10.2 Å². The van der Waals surface area contributed by atoms with Crippen LogP contribution in [0, 0.1) is 0 Å². The van der Waals surface area contributed by atoms with Crippen molar-refractivity contribution in [2.45, 2.75) is 44.1 Å². The second-order valence-corrected chi connectivity index (χ2v) is 9.36. The van der Waals surface area contributed by atoms with Crippen molar-refractivity contribution in [1.29, 1.82) is 0 Å². The van der Waals surface area contributed by atoms with Crippen molar-refractivity contribution in [3.8, 4) is 0 Å². The smallest absolute Gasteiger partial charge is 0.353 e. The van der Waals surface area contributed by atoms with Crippen molar-refractivity contribution >= 4 is 17.5 Å². The van der Waals surface area contributed by atoms with E-state index in [1.807, 2.05) is 12.1 Å². The molecule has 38 heavy (non-hydrogen) atoms. The first kappa shape index (κ1) is 29.2. The van der Waals surface area contributed by atoms with E-state index in [2.05, 4.69) is 10.3 Å². The molecule has 3 N–H and O–H groups in total.